The van der Waals surface area contributed by atoms with E-state index in [0.717, 1.165) is 36.5 Å². The molecule has 0 spiro atoms. The number of rotatable bonds is 0. The Labute approximate surface area is 67.8 Å². The van der Waals surface area contributed by atoms with E-state index in [1.807, 2.05) is 0 Å². The molecular formula is C10H16O. The Balaban J connectivity index is 1.90. The predicted octanol–water partition coefficient (Wildman–Crippen LogP) is 1.80. The minimum atomic E-state index is 0.0596. The maximum atomic E-state index is 9.55. The summed E-state index contributed by atoms with van der Waals surface area (Å²) in [6.07, 6.45) is 6.71. The quantitative estimate of drug-likeness (QED) is 0.561. The van der Waals surface area contributed by atoms with E-state index in [1.54, 1.807) is 0 Å². The van der Waals surface area contributed by atoms with Crippen LogP contribution in [0, 0.1) is 23.7 Å². The van der Waals surface area contributed by atoms with Gasteiger partial charge in [0.1, 0.15) is 0 Å². The van der Waals surface area contributed by atoms with Crippen LogP contribution in [0.15, 0.2) is 0 Å². The molecule has 0 aliphatic heterocycles. The molecule has 3 aliphatic rings. The van der Waals surface area contributed by atoms with E-state index < -0.39 is 0 Å². The number of hydrogen-bond acceptors (Lipinski definition) is 1. The topological polar surface area (TPSA) is 20.2 Å². The van der Waals surface area contributed by atoms with Gasteiger partial charge in [0, 0.05) is 0 Å². The molecule has 3 aliphatic carbocycles. The van der Waals surface area contributed by atoms with Gasteiger partial charge in [-0.25, -0.2) is 0 Å². The van der Waals surface area contributed by atoms with Crippen molar-refractivity contribution in [1.82, 2.24) is 0 Å². The Hall–Kier alpha value is -0.0400. The summed E-state index contributed by atoms with van der Waals surface area (Å²) in [6, 6.07) is 0. The fourth-order valence-corrected chi connectivity index (χ4v) is 4.02. The van der Waals surface area contributed by atoms with E-state index in [2.05, 4.69) is 0 Å². The highest BCUT2D eigenvalue weighted by atomic mass is 16.3. The van der Waals surface area contributed by atoms with Crippen LogP contribution in [0.3, 0.4) is 0 Å². The summed E-state index contributed by atoms with van der Waals surface area (Å²) in [5.41, 5.74) is 0. The van der Waals surface area contributed by atoms with Crippen LogP contribution in [0.5, 0.6) is 0 Å². The van der Waals surface area contributed by atoms with Gasteiger partial charge in [0.2, 0.25) is 0 Å². The third kappa shape index (κ3) is 0.752. The highest BCUT2D eigenvalue weighted by Crippen LogP contribution is 2.58. The molecule has 1 nitrogen and oxygen atoms in total. The van der Waals surface area contributed by atoms with Crippen molar-refractivity contribution >= 4 is 0 Å². The molecular weight excluding hydrogens is 136 g/mol. The summed E-state index contributed by atoms with van der Waals surface area (Å²) in [4.78, 5) is 0. The molecule has 5 atom stereocenters. The molecule has 0 saturated heterocycles. The average Bonchev–Trinajstić information content (AvgIpc) is 2.43. The first-order valence-electron chi connectivity index (χ1n) is 5.02. The van der Waals surface area contributed by atoms with Gasteiger partial charge in [0.05, 0.1) is 6.10 Å². The molecule has 0 aromatic carbocycles. The first-order chi connectivity index (χ1) is 5.34. The summed E-state index contributed by atoms with van der Waals surface area (Å²) in [5, 5.41) is 9.55. The first kappa shape index (κ1) is 6.47. The van der Waals surface area contributed by atoms with Crippen LogP contribution in [-0.2, 0) is 0 Å². The van der Waals surface area contributed by atoms with Crippen LogP contribution in [0.1, 0.15) is 32.1 Å². The van der Waals surface area contributed by atoms with Crippen molar-refractivity contribution in [2.24, 2.45) is 23.7 Å². The van der Waals surface area contributed by atoms with Gasteiger partial charge in [-0.3, -0.25) is 0 Å². The fraction of sp³-hybridized carbons (Fsp3) is 1.00. The van der Waals surface area contributed by atoms with E-state index in [0.29, 0.717) is 0 Å². The minimum Gasteiger partial charge on any atom is -0.393 e. The van der Waals surface area contributed by atoms with Crippen LogP contribution in [-0.4, -0.2) is 11.2 Å². The van der Waals surface area contributed by atoms with Crippen LogP contribution >= 0.6 is 0 Å². The van der Waals surface area contributed by atoms with Gasteiger partial charge >= 0.3 is 0 Å². The highest BCUT2D eigenvalue weighted by molar-refractivity contribution is 5.01. The van der Waals surface area contributed by atoms with Gasteiger partial charge in [0.25, 0.3) is 0 Å². The second kappa shape index (κ2) is 2.01. The Bertz CT molecular complexity index is 176. The molecule has 0 aromatic heterocycles. The van der Waals surface area contributed by atoms with Crippen molar-refractivity contribution in [2.75, 3.05) is 0 Å². The molecule has 0 heterocycles. The predicted molar refractivity (Wildman–Crippen MR) is 43.1 cm³/mol. The lowest BCUT2D eigenvalue weighted by Gasteiger charge is -2.30. The lowest BCUT2D eigenvalue weighted by molar-refractivity contribution is 0.0661. The standard InChI is InChI=1S/C10H16O/c11-8-4-7-3-6-1-2-9(7)10(6)5-8/h6-11H,1-5H2. The van der Waals surface area contributed by atoms with Gasteiger partial charge in [0.15, 0.2) is 0 Å². The Morgan fingerprint density at radius 1 is 0.818 bits per heavy atom. The zero-order valence-electron chi connectivity index (χ0n) is 6.87. The van der Waals surface area contributed by atoms with E-state index in [4.69, 9.17) is 0 Å². The van der Waals surface area contributed by atoms with Crippen molar-refractivity contribution in [1.29, 1.82) is 0 Å². The molecule has 0 radical (unpaired) electrons. The lowest BCUT2D eigenvalue weighted by Crippen LogP contribution is -2.27. The van der Waals surface area contributed by atoms with E-state index >= 15 is 0 Å². The molecule has 3 saturated carbocycles. The second-order valence-electron chi connectivity index (χ2n) is 4.79. The molecule has 5 unspecified atom stereocenters. The number of aliphatic hydroxyl groups is 1. The Kier molecular flexibility index (Phi) is 1.18. The summed E-state index contributed by atoms with van der Waals surface area (Å²) >= 11 is 0. The molecule has 11 heavy (non-hydrogen) atoms. The minimum absolute atomic E-state index is 0.0596. The summed E-state index contributed by atoms with van der Waals surface area (Å²) in [6.45, 7) is 0. The van der Waals surface area contributed by atoms with Crippen molar-refractivity contribution in [3.8, 4) is 0 Å². The van der Waals surface area contributed by atoms with Crippen molar-refractivity contribution in [2.45, 2.75) is 38.2 Å². The molecule has 62 valence electrons. The Morgan fingerprint density at radius 3 is 2.55 bits per heavy atom. The monoisotopic (exact) mass is 152 g/mol. The highest BCUT2D eigenvalue weighted by Gasteiger charge is 2.51. The molecule has 4 bridgehead atoms. The van der Waals surface area contributed by atoms with E-state index in [1.165, 1.54) is 19.3 Å². The van der Waals surface area contributed by atoms with E-state index in [9.17, 15) is 5.11 Å². The fourth-order valence-electron chi connectivity index (χ4n) is 4.02. The smallest absolute Gasteiger partial charge is 0.0545 e. The molecule has 1 heteroatoms. The molecule has 0 amide bonds. The van der Waals surface area contributed by atoms with Crippen LogP contribution in [0.25, 0.3) is 0 Å². The van der Waals surface area contributed by atoms with Gasteiger partial charge in [-0.1, -0.05) is 0 Å². The van der Waals surface area contributed by atoms with Crippen molar-refractivity contribution in [3.05, 3.63) is 0 Å². The average molecular weight is 152 g/mol. The zero-order chi connectivity index (χ0) is 7.42. The van der Waals surface area contributed by atoms with Crippen molar-refractivity contribution < 1.29 is 5.11 Å². The number of aliphatic hydroxyl groups excluding tert-OH is 1. The second-order valence-corrected chi connectivity index (χ2v) is 4.79. The molecule has 3 rings (SSSR count). The summed E-state index contributed by atoms with van der Waals surface area (Å²) in [5.74, 6) is 3.90. The van der Waals surface area contributed by atoms with Crippen molar-refractivity contribution in [3.63, 3.8) is 0 Å². The van der Waals surface area contributed by atoms with Crippen LogP contribution < -0.4 is 0 Å². The summed E-state index contributed by atoms with van der Waals surface area (Å²) in [7, 11) is 0. The molecule has 0 aromatic rings. The lowest BCUT2D eigenvalue weighted by atomic mass is 9.78. The van der Waals surface area contributed by atoms with E-state index in [-0.39, 0.29) is 6.10 Å². The SMILES string of the molecule is OC1CC2CC3CCC2C3C1. The molecule has 1 N–H and O–H groups in total. The maximum absolute atomic E-state index is 9.55. The third-order valence-electron chi connectivity index (χ3n) is 4.36. The van der Waals surface area contributed by atoms with Gasteiger partial charge in [-0.05, 0) is 55.8 Å². The van der Waals surface area contributed by atoms with Gasteiger partial charge in [-0.2, -0.15) is 0 Å². The van der Waals surface area contributed by atoms with Gasteiger partial charge in [-0.15, -0.1) is 0 Å². The normalized spacial score (nSPS) is 60.3. The zero-order valence-corrected chi connectivity index (χ0v) is 6.87. The molecule has 3 fully saturated rings. The Morgan fingerprint density at radius 2 is 1.73 bits per heavy atom. The van der Waals surface area contributed by atoms with Gasteiger partial charge < -0.3 is 5.11 Å². The largest absolute Gasteiger partial charge is 0.393 e. The third-order valence-corrected chi connectivity index (χ3v) is 4.36. The van der Waals surface area contributed by atoms with Crippen LogP contribution in [0.2, 0.25) is 0 Å². The first-order valence-corrected chi connectivity index (χ1v) is 5.02. The summed E-state index contributed by atoms with van der Waals surface area (Å²) < 4.78 is 0. The maximum Gasteiger partial charge on any atom is 0.0545 e. The van der Waals surface area contributed by atoms with Crippen LogP contribution in [0.4, 0.5) is 0 Å². The number of hydrogen-bond donors (Lipinski definition) is 1.